The number of carbonyl (C=O) groups is 1. The van der Waals surface area contributed by atoms with Crippen LogP contribution in [0.5, 0.6) is 0 Å². The molecule has 84 valence electrons. The van der Waals surface area contributed by atoms with E-state index in [1.54, 1.807) is 11.6 Å². The first-order valence-corrected chi connectivity index (χ1v) is 5.76. The monoisotopic (exact) mass is 274 g/mol. The molecule has 1 aromatic heterocycles. The van der Waals surface area contributed by atoms with Crippen LogP contribution in [0.1, 0.15) is 18.2 Å². The summed E-state index contributed by atoms with van der Waals surface area (Å²) >= 11 is 3.31. The fraction of sp³-hybridized carbons (Fsp3) is 0.600. The van der Waals surface area contributed by atoms with Crippen LogP contribution in [-0.2, 0) is 23.0 Å². The van der Waals surface area contributed by atoms with Crippen LogP contribution < -0.4 is 0 Å². The molecule has 0 radical (unpaired) electrons. The minimum absolute atomic E-state index is 0.222. The molecule has 1 rings (SSSR count). The van der Waals surface area contributed by atoms with E-state index in [0.717, 1.165) is 11.3 Å². The number of alkyl halides is 1. The molecule has 0 bridgehead atoms. The Balaban J connectivity index is 2.61. The summed E-state index contributed by atoms with van der Waals surface area (Å²) in [5.74, 6) is -0.222. The lowest BCUT2D eigenvalue weighted by Crippen LogP contribution is -2.19. The topological polar surface area (TPSA) is 44.1 Å². The van der Waals surface area contributed by atoms with Crippen molar-refractivity contribution in [3.63, 3.8) is 0 Å². The Bertz CT molecular complexity index is 349. The van der Waals surface area contributed by atoms with E-state index in [1.165, 1.54) is 0 Å². The van der Waals surface area contributed by atoms with Gasteiger partial charge in [-0.1, -0.05) is 15.9 Å². The average molecular weight is 275 g/mol. The molecule has 0 saturated carbocycles. The van der Waals surface area contributed by atoms with Crippen molar-refractivity contribution in [1.82, 2.24) is 9.78 Å². The minimum atomic E-state index is -0.291. The number of aromatic nitrogens is 2. The van der Waals surface area contributed by atoms with Gasteiger partial charge in [0.25, 0.3) is 0 Å². The molecule has 4 nitrogen and oxygen atoms in total. The number of rotatable bonds is 4. The quantitative estimate of drug-likeness (QED) is 0.619. The van der Waals surface area contributed by atoms with Crippen LogP contribution in [-0.4, -0.2) is 27.2 Å². The molecule has 0 N–H and O–H groups in total. The van der Waals surface area contributed by atoms with Gasteiger partial charge in [0.2, 0.25) is 0 Å². The third-order valence-corrected chi connectivity index (χ3v) is 2.75. The molecule has 0 fully saturated rings. The normalized spacial score (nSPS) is 12.5. The molecule has 5 heteroatoms. The van der Waals surface area contributed by atoms with Gasteiger partial charge in [-0.15, -0.1) is 0 Å². The summed E-state index contributed by atoms with van der Waals surface area (Å²) in [6.45, 7) is 4.14. The molecule has 1 atom stereocenters. The molecule has 15 heavy (non-hydrogen) atoms. The second kappa shape index (κ2) is 5.30. The SMILES string of the molecule is CCOC(=O)C(Br)Cc1cn(C)nc1C. The van der Waals surface area contributed by atoms with Crippen LogP contribution in [0.15, 0.2) is 6.20 Å². The Morgan fingerprint density at radius 1 is 1.73 bits per heavy atom. The summed E-state index contributed by atoms with van der Waals surface area (Å²) in [6, 6.07) is 0. The van der Waals surface area contributed by atoms with Gasteiger partial charge in [-0.3, -0.25) is 9.48 Å². The lowest BCUT2D eigenvalue weighted by molar-refractivity contribution is -0.142. The lowest BCUT2D eigenvalue weighted by Gasteiger charge is -2.07. The van der Waals surface area contributed by atoms with Gasteiger partial charge in [-0.05, 0) is 25.8 Å². The smallest absolute Gasteiger partial charge is 0.320 e. The maximum Gasteiger partial charge on any atom is 0.320 e. The lowest BCUT2D eigenvalue weighted by atomic mass is 10.1. The molecule has 1 heterocycles. The predicted molar refractivity (Wildman–Crippen MR) is 61.0 cm³/mol. The Labute approximate surface area is 97.7 Å². The van der Waals surface area contributed by atoms with Crippen molar-refractivity contribution in [2.24, 2.45) is 7.05 Å². The zero-order chi connectivity index (χ0) is 11.4. The molecule has 0 aliphatic heterocycles. The summed E-state index contributed by atoms with van der Waals surface area (Å²) < 4.78 is 6.66. The summed E-state index contributed by atoms with van der Waals surface area (Å²) in [7, 11) is 1.87. The Morgan fingerprint density at radius 2 is 2.40 bits per heavy atom. The molecule has 0 aliphatic rings. The highest BCUT2D eigenvalue weighted by molar-refractivity contribution is 9.10. The third kappa shape index (κ3) is 3.34. The Kier molecular flexibility index (Phi) is 4.32. The van der Waals surface area contributed by atoms with Gasteiger partial charge in [-0.25, -0.2) is 0 Å². The zero-order valence-electron chi connectivity index (χ0n) is 9.16. The molecule has 0 spiro atoms. The average Bonchev–Trinajstić information content (AvgIpc) is 2.45. The second-order valence-electron chi connectivity index (χ2n) is 3.34. The highest BCUT2D eigenvalue weighted by atomic mass is 79.9. The largest absolute Gasteiger partial charge is 0.465 e. The third-order valence-electron chi connectivity index (χ3n) is 2.06. The summed E-state index contributed by atoms with van der Waals surface area (Å²) in [5.41, 5.74) is 2.01. The van der Waals surface area contributed by atoms with Crippen molar-refractivity contribution in [3.05, 3.63) is 17.5 Å². The number of nitrogens with zero attached hydrogens (tertiary/aromatic N) is 2. The van der Waals surface area contributed by atoms with Crippen LogP contribution in [0, 0.1) is 6.92 Å². The fourth-order valence-corrected chi connectivity index (χ4v) is 1.84. The maximum absolute atomic E-state index is 11.4. The number of hydrogen-bond acceptors (Lipinski definition) is 3. The van der Waals surface area contributed by atoms with Crippen molar-refractivity contribution in [2.75, 3.05) is 6.61 Å². The maximum atomic E-state index is 11.4. The van der Waals surface area contributed by atoms with Gasteiger partial charge < -0.3 is 4.74 Å². The van der Waals surface area contributed by atoms with E-state index in [9.17, 15) is 4.79 Å². The van der Waals surface area contributed by atoms with Gasteiger partial charge >= 0.3 is 5.97 Å². The standard InChI is InChI=1S/C10H15BrN2O2/c1-4-15-10(14)9(11)5-8-6-13(3)12-7(8)2/h6,9H,4-5H2,1-3H3. The van der Waals surface area contributed by atoms with E-state index in [2.05, 4.69) is 21.0 Å². The summed E-state index contributed by atoms with van der Waals surface area (Å²) in [6.07, 6.45) is 2.53. The van der Waals surface area contributed by atoms with Crippen LogP contribution in [0.25, 0.3) is 0 Å². The van der Waals surface area contributed by atoms with Crippen LogP contribution in [0.4, 0.5) is 0 Å². The number of aryl methyl sites for hydroxylation is 2. The minimum Gasteiger partial charge on any atom is -0.465 e. The van der Waals surface area contributed by atoms with Crippen molar-refractivity contribution < 1.29 is 9.53 Å². The van der Waals surface area contributed by atoms with E-state index in [0.29, 0.717) is 13.0 Å². The van der Waals surface area contributed by atoms with Gasteiger partial charge in [0.15, 0.2) is 0 Å². The highest BCUT2D eigenvalue weighted by Crippen LogP contribution is 2.14. The number of hydrogen-bond donors (Lipinski definition) is 0. The van der Waals surface area contributed by atoms with Crippen LogP contribution in [0.3, 0.4) is 0 Å². The van der Waals surface area contributed by atoms with E-state index < -0.39 is 0 Å². The predicted octanol–water partition coefficient (Wildman–Crippen LogP) is 1.60. The molecule has 1 unspecified atom stereocenters. The van der Waals surface area contributed by atoms with Crippen LogP contribution in [0.2, 0.25) is 0 Å². The van der Waals surface area contributed by atoms with Gasteiger partial charge in [0.05, 0.1) is 12.3 Å². The fourth-order valence-electron chi connectivity index (χ4n) is 1.36. The van der Waals surface area contributed by atoms with Crippen molar-refractivity contribution in [1.29, 1.82) is 0 Å². The van der Waals surface area contributed by atoms with Crippen molar-refractivity contribution in [3.8, 4) is 0 Å². The first-order valence-electron chi connectivity index (χ1n) is 4.84. The van der Waals surface area contributed by atoms with Gasteiger partial charge in [0.1, 0.15) is 4.83 Å². The molecule has 0 amide bonds. The summed E-state index contributed by atoms with van der Waals surface area (Å²) in [5, 5.41) is 4.21. The first kappa shape index (κ1) is 12.2. The number of halogens is 1. The van der Waals surface area contributed by atoms with Crippen molar-refractivity contribution >= 4 is 21.9 Å². The van der Waals surface area contributed by atoms with E-state index in [-0.39, 0.29) is 10.8 Å². The van der Waals surface area contributed by atoms with E-state index in [1.807, 2.05) is 20.2 Å². The first-order chi connectivity index (χ1) is 7.04. The van der Waals surface area contributed by atoms with Crippen LogP contribution >= 0.6 is 15.9 Å². The molecule has 0 saturated heterocycles. The van der Waals surface area contributed by atoms with Crippen molar-refractivity contribution in [2.45, 2.75) is 25.1 Å². The number of ether oxygens (including phenoxy) is 1. The van der Waals surface area contributed by atoms with E-state index in [4.69, 9.17) is 4.74 Å². The number of carbonyl (C=O) groups excluding carboxylic acids is 1. The molecule has 0 aromatic carbocycles. The Morgan fingerprint density at radius 3 is 2.87 bits per heavy atom. The molecule has 0 aliphatic carbocycles. The van der Waals surface area contributed by atoms with E-state index >= 15 is 0 Å². The highest BCUT2D eigenvalue weighted by Gasteiger charge is 2.18. The zero-order valence-corrected chi connectivity index (χ0v) is 10.7. The summed E-state index contributed by atoms with van der Waals surface area (Å²) in [4.78, 5) is 11.1. The number of esters is 1. The molecular formula is C10H15BrN2O2. The second-order valence-corrected chi connectivity index (χ2v) is 4.44. The van der Waals surface area contributed by atoms with Gasteiger partial charge in [0, 0.05) is 13.2 Å². The Hall–Kier alpha value is -0.840. The molecule has 1 aromatic rings. The molecular weight excluding hydrogens is 260 g/mol. The van der Waals surface area contributed by atoms with Gasteiger partial charge in [-0.2, -0.15) is 5.10 Å².